The first-order valence-electron chi connectivity index (χ1n) is 5.85. The van der Waals surface area contributed by atoms with E-state index in [9.17, 15) is 4.79 Å². The molecule has 0 saturated carbocycles. The van der Waals surface area contributed by atoms with Crippen molar-refractivity contribution in [2.75, 3.05) is 5.73 Å². The van der Waals surface area contributed by atoms with Crippen LogP contribution in [0.5, 0.6) is 0 Å². The molecule has 0 unspecified atom stereocenters. The minimum Gasteiger partial charge on any atom is -0.396 e. The summed E-state index contributed by atoms with van der Waals surface area (Å²) in [5.74, 6) is 0.612. The Morgan fingerprint density at radius 1 is 1.55 bits per heavy atom. The second-order valence-corrected chi connectivity index (χ2v) is 5.16. The first-order valence-corrected chi connectivity index (χ1v) is 6.67. The van der Waals surface area contributed by atoms with Gasteiger partial charge in [-0.15, -0.1) is 11.3 Å². The second-order valence-electron chi connectivity index (χ2n) is 4.11. The summed E-state index contributed by atoms with van der Waals surface area (Å²) in [4.78, 5) is 20.7. The van der Waals surface area contributed by atoms with E-state index >= 15 is 0 Å². The topological polar surface area (TPSA) is 107 Å². The molecular formula is C12H11N5O2S. The molecule has 0 aromatic carbocycles. The highest BCUT2D eigenvalue weighted by Gasteiger charge is 2.17. The number of aryl methyl sites for hydroxylation is 1. The number of amides is 1. The largest absolute Gasteiger partial charge is 0.396 e. The van der Waals surface area contributed by atoms with Crippen molar-refractivity contribution in [2.24, 2.45) is 0 Å². The van der Waals surface area contributed by atoms with Crippen LogP contribution in [0.3, 0.4) is 0 Å². The Balaban J connectivity index is 1.80. The average Bonchev–Trinajstić information content (AvgIpc) is 3.01. The molecule has 0 saturated heterocycles. The summed E-state index contributed by atoms with van der Waals surface area (Å²) >= 11 is 1.31. The zero-order valence-electron chi connectivity index (χ0n) is 10.6. The van der Waals surface area contributed by atoms with E-state index < -0.39 is 0 Å². The summed E-state index contributed by atoms with van der Waals surface area (Å²) in [6.07, 6.45) is 1.65. The van der Waals surface area contributed by atoms with E-state index in [2.05, 4.69) is 20.4 Å². The number of nitrogens with zero attached hydrogens (tertiary/aromatic N) is 3. The van der Waals surface area contributed by atoms with Crippen molar-refractivity contribution < 1.29 is 9.32 Å². The van der Waals surface area contributed by atoms with E-state index in [1.165, 1.54) is 11.3 Å². The molecule has 102 valence electrons. The van der Waals surface area contributed by atoms with Gasteiger partial charge in [-0.2, -0.15) is 4.98 Å². The summed E-state index contributed by atoms with van der Waals surface area (Å²) in [7, 11) is 0. The van der Waals surface area contributed by atoms with Crippen molar-refractivity contribution in [1.82, 2.24) is 20.4 Å². The summed E-state index contributed by atoms with van der Waals surface area (Å²) in [5.41, 5.74) is 7.00. The molecule has 3 N–H and O–H groups in total. The highest BCUT2D eigenvalue weighted by Crippen LogP contribution is 2.31. The molecule has 0 atom stereocenters. The maximum absolute atomic E-state index is 12.1. The number of fused-ring (bicyclic) bond motifs is 1. The highest BCUT2D eigenvalue weighted by atomic mass is 32.1. The molecule has 0 aliphatic carbocycles. The first-order chi connectivity index (χ1) is 9.65. The third-order valence-electron chi connectivity index (χ3n) is 2.67. The number of aromatic nitrogens is 3. The molecule has 3 heterocycles. The van der Waals surface area contributed by atoms with Crippen LogP contribution in [0.2, 0.25) is 0 Å². The monoisotopic (exact) mass is 289 g/mol. The average molecular weight is 289 g/mol. The summed E-state index contributed by atoms with van der Waals surface area (Å²) in [5, 5.41) is 6.41. The predicted molar refractivity (Wildman–Crippen MR) is 74.2 cm³/mol. The van der Waals surface area contributed by atoms with Crippen LogP contribution in [0.25, 0.3) is 10.2 Å². The van der Waals surface area contributed by atoms with Gasteiger partial charge in [0.05, 0.1) is 16.9 Å². The lowest BCUT2D eigenvalue weighted by atomic mass is 10.3. The molecule has 1 amide bonds. The number of hydrogen-bond acceptors (Lipinski definition) is 7. The number of nitrogens with one attached hydrogen (secondary N) is 1. The van der Waals surface area contributed by atoms with Crippen LogP contribution in [0.4, 0.5) is 5.69 Å². The molecule has 3 aromatic rings. The molecule has 20 heavy (non-hydrogen) atoms. The number of nitrogen functional groups attached to an aromatic ring is 1. The minimum absolute atomic E-state index is 0.192. The highest BCUT2D eigenvalue weighted by molar-refractivity contribution is 7.21. The Kier molecular flexibility index (Phi) is 3.07. The first kappa shape index (κ1) is 12.5. The number of carbonyl (C=O) groups excluding carboxylic acids is 1. The van der Waals surface area contributed by atoms with E-state index in [0.717, 1.165) is 4.70 Å². The lowest BCUT2D eigenvalue weighted by Crippen LogP contribution is -2.23. The summed E-state index contributed by atoms with van der Waals surface area (Å²) in [6, 6.07) is 3.69. The van der Waals surface area contributed by atoms with E-state index in [-0.39, 0.29) is 12.5 Å². The standard InChI is InChI=1S/C12H11N5O2S/c1-6-16-8(17-19-6)5-15-12(18)11-9(13)10-7(20-11)3-2-4-14-10/h2-4H,5,13H2,1H3,(H,15,18). The van der Waals surface area contributed by atoms with Gasteiger partial charge in [0.25, 0.3) is 5.91 Å². The summed E-state index contributed by atoms with van der Waals surface area (Å²) < 4.78 is 5.71. The van der Waals surface area contributed by atoms with Crippen molar-refractivity contribution in [3.05, 3.63) is 34.9 Å². The van der Waals surface area contributed by atoms with E-state index in [1.54, 1.807) is 13.1 Å². The van der Waals surface area contributed by atoms with Crippen molar-refractivity contribution in [1.29, 1.82) is 0 Å². The number of anilines is 1. The molecular weight excluding hydrogens is 278 g/mol. The fraction of sp³-hybridized carbons (Fsp3) is 0.167. The quantitative estimate of drug-likeness (QED) is 0.756. The van der Waals surface area contributed by atoms with Gasteiger partial charge < -0.3 is 15.6 Å². The normalized spacial score (nSPS) is 10.8. The fourth-order valence-corrected chi connectivity index (χ4v) is 2.77. The van der Waals surface area contributed by atoms with Crippen molar-refractivity contribution in [2.45, 2.75) is 13.5 Å². The van der Waals surface area contributed by atoms with Gasteiger partial charge in [0.2, 0.25) is 5.89 Å². The molecule has 0 aliphatic heterocycles. The van der Waals surface area contributed by atoms with Gasteiger partial charge >= 0.3 is 0 Å². The lowest BCUT2D eigenvalue weighted by molar-refractivity contribution is 0.0954. The smallest absolute Gasteiger partial charge is 0.263 e. The molecule has 0 spiro atoms. The number of rotatable bonds is 3. The van der Waals surface area contributed by atoms with Crippen LogP contribution >= 0.6 is 11.3 Å². The molecule has 8 heteroatoms. The Bertz CT molecular complexity index is 779. The predicted octanol–water partition coefficient (Wildman–Crippen LogP) is 1.50. The van der Waals surface area contributed by atoms with Crippen LogP contribution in [0.1, 0.15) is 21.4 Å². The third-order valence-corrected chi connectivity index (χ3v) is 3.82. The molecule has 3 aromatic heterocycles. The zero-order chi connectivity index (χ0) is 14.1. The van der Waals surface area contributed by atoms with E-state index in [0.29, 0.717) is 27.8 Å². The third kappa shape index (κ3) is 2.21. The maximum atomic E-state index is 12.1. The molecule has 0 fully saturated rings. The number of pyridine rings is 1. The van der Waals surface area contributed by atoms with Crippen LogP contribution in [0, 0.1) is 6.92 Å². The van der Waals surface area contributed by atoms with Crippen LogP contribution in [-0.2, 0) is 6.54 Å². The summed E-state index contributed by atoms with van der Waals surface area (Å²) in [6.45, 7) is 1.88. The van der Waals surface area contributed by atoms with Crippen molar-refractivity contribution in [3.8, 4) is 0 Å². The van der Waals surface area contributed by atoms with Crippen LogP contribution in [-0.4, -0.2) is 21.0 Å². The molecule has 3 rings (SSSR count). The number of carbonyl (C=O) groups is 1. The molecule has 0 bridgehead atoms. The van der Waals surface area contributed by atoms with Crippen molar-refractivity contribution >= 4 is 33.1 Å². The number of thiophene rings is 1. The van der Waals surface area contributed by atoms with Gasteiger partial charge in [-0.1, -0.05) is 5.16 Å². The van der Waals surface area contributed by atoms with E-state index in [1.807, 2.05) is 12.1 Å². The second kappa shape index (κ2) is 4.89. The number of nitrogens with two attached hydrogens (primary N) is 1. The van der Waals surface area contributed by atoms with E-state index in [4.69, 9.17) is 10.3 Å². The van der Waals surface area contributed by atoms with Gasteiger partial charge in [0.1, 0.15) is 10.4 Å². The molecule has 7 nitrogen and oxygen atoms in total. The van der Waals surface area contributed by atoms with Gasteiger partial charge in [-0.25, -0.2) is 0 Å². The van der Waals surface area contributed by atoms with Gasteiger partial charge in [0.15, 0.2) is 5.82 Å². The zero-order valence-corrected chi connectivity index (χ0v) is 11.4. The van der Waals surface area contributed by atoms with Crippen molar-refractivity contribution in [3.63, 3.8) is 0 Å². The fourth-order valence-electron chi connectivity index (χ4n) is 1.77. The molecule has 0 radical (unpaired) electrons. The Morgan fingerprint density at radius 3 is 3.10 bits per heavy atom. The Hall–Kier alpha value is -2.48. The maximum Gasteiger partial charge on any atom is 0.263 e. The Morgan fingerprint density at radius 2 is 2.40 bits per heavy atom. The minimum atomic E-state index is -0.270. The Labute approximate surface area is 117 Å². The van der Waals surface area contributed by atoms with Gasteiger partial charge in [-0.05, 0) is 12.1 Å². The SMILES string of the molecule is Cc1nc(CNC(=O)c2sc3cccnc3c2N)no1. The molecule has 0 aliphatic rings. The lowest BCUT2D eigenvalue weighted by Gasteiger charge is -2.00. The van der Waals surface area contributed by atoms with Gasteiger partial charge in [-0.3, -0.25) is 9.78 Å². The van der Waals surface area contributed by atoms with Crippen LogP contribution in [0.15, 0.2) is 22.9 Å². The van der Waals surface area contributed by atoms with Crippen LogP contribution < -0.4 is 11.1 Å². The van der Waals surface area contributed by atoms with Gasteiger partial charge in [0, 0.05) is 13.1 Å². The number of hydrogen-bond donors (Lipinski definition) is 2.